The normalized spacial score (nSPS) is 16.4. The first kappa shape index (κ1) is 16.4. The molecule has 0 aromatic carbocycles. The molecule has 0 radical (unpaired) electrons. The van der Waals surface area contributed by atoms with Crippen LogP contribution in [0, 0.1) is 0 Å². The SMILES string of the molecule is CC1(C)NC(=O)N(CC(=O)NCC(=O)NCC(=O)O)C1=O. The molecule has 1 fully saturated rings. The van der Waals surface area contributed by atoms with Crippen LogP contribution in [0.15, 0.2) is 0 Å². The van der Waals surface area contributed by atoms with Crippen LogP contribution < -0.4 is 16.0 Å². The summed E-state index contributed by atoms with van der Waals surface area (Å²) in [7, 11) is 0. The number of carbonyl (C=O) groups is 5. The Morgan fingerprint density at radius 3 is 2.19 bits per heavy atom. The molecule has 1 rings (SSSR count). The number of carboxylic acids is 1. The van der Waals surface area contributed by atoms with Gasteiger partial charge in [-0.1, -0.05) is 0 Å². The third-order valence-electron chi connectivity index (χ3n) is 2.63. The highest BCUT2D eigenvalue weighted by molar-refractivity contribution is 6.08. The zero-order chi connectivity index (χ0) is 16.2. The molecule has 1 heterocycles. The number of nitrogens with zero attached hydrogens (tertiary/aromatic N) is 1. The van der Waals surface area contributed by atoms with E-state index in [9.17, 15) is 24.0 Å². The average Bonchev–Trinajstić information content (AvgIpc) is 2.56. The molecule has 10 heteroatoms. The van der Waals surface area contributed by atoms with Crippen molar-refractivity contribution in [3.05, 3.63) is 0 Å². The summed E-state index contributed by atoms with van der Waals surface area (Å²) in [6.45, 7) is 1.49. The van der Waals surface area contributed by atoms with E-state index in [1.165, 1.54) is 13.8 Å². The second-order valence-electron chi connectivity index (χ2n) is 4.89. The third kappa shape index (κ3) is 4.44. The minimum atomic E-state index is -1.21. The number of rotatable bonds is 6. The van der Waals surface area contributed by atoms with Gasteiger partial charge in [0.1, 0.15) is 18.6 Å². The maximum Gasteiger partial charge on any atom is 0.325 e. The van der Waals surface area contributed by atoms with E-state index in [1.807, 2.05) is 5.32 Å². The maximum atomic E-state index is 11.8. The molecular weight excluding hydrogens is 284 g/mol. The molecule has 116 valence electrons. The Hall–Kier alpha value is -2.65. The van der Waals surface area contributed by atoms with Gasteiger partial charge in [-0.3, -0.25) is 24.1 Å². The Morgan fingerprint density at radius 1 is 1.14 bits per heavy atom. The van der Waals surface area contributed by atoms with E-state index in [1.54, 1.807) is 0 Å². The van der Waals surface area contributed by atoms with E-state index in [0.717, 1.165) is 4.90 Å². The molecule has 21 heavy (non-hydrogen) atoms. The molecule has 1 aliphatic heterocycles. The van der Waals surface area contributed by atoms with Gasteiger partial charge in [0, 0.05) is 0 Å². The van der Waals surface area contributed by atoms with Gasteiger partial charge >= 0.3 is 12.0 Å². The predicted octanol–water partition coefficient (Wildman–Crippen LogP) is -2.37. The van der Waals surface area contributed by atoms with Gasteiger partial charge in [0.05, 0.1) is 6.54 Å². The van der Waals surface area contributed by atoms with E-state index < -0.39 is 54.9 Å². The van der Waals surface area contributed by atoms with Crippen molar-refractivity contribution in [2.75, 3.05) is 19.6 Å². The number of hydrogen-bond acceptors (Lipinski definition) is 5. The summed E-state index contributed by atoms with van der Waals surface area (Å²) in [5, 5.41) is 15.0. The molecule has 0 aromatic rings. The lowest BCUT2D eigenvalue weighted by Crippen LogP contribution is -2.45. The van der Waals surface area contributed by atoms with E-state index in [2.05, 4.69) is 10.6 Å². The van der Waals surface area contributed by atoms with Crippen LogP contribution in [0.1, 0.15) is 13.8 Å². The van der Waals surface area contributed by atoms with Crippen LogP contribution in [-0.4, -0.2) is 64.9 Å². The lowest BCUT2D eigenvalue weighted by Gasteiger charge is -2.15. The number of nitrogens with one attached hydrogen (secondary N) is 3. The van der Waals surface area contributed by atoms with Crippen molar-refractivity contribution >= 4 is 29.7 Å². The number of imide groups is 1. The van der Waals surface area contributed by atoms with Gasteiger partial charge < -0.3 is 21.1 Å². The van der Waals surface area contributed by atoms with Crippen LogP contribution in [-0.2, 0) is 19.2 Å². The number of carbonyl (C=O) groups excluding carboxylic acids is 4. The molecule has 1 aliphatic rings. The lowest BCUT2D eigenvalue weighted by atomic mass is 10.1. The molecule has 0 bridgehead atoms. The molecule has 0 aliphatic carbocycles. The summed E-state index contributed by atoms with van der Waals surface area (Å²) in [6.07, 6.45) is 0. The highest BCUT2D eigenvalue weighted by Crippen LogP contribution is 2.15. The fourth-order valence-corrected chi connectivity index (χ4v) is 1.58. The molecule has 0 spiro atoms. The number of amides is 5. The highest BCUT2D eigenvalue weighted by Gasteiger charge is 2.44. The van der Waals surface area contributed by atoms with E-state index in [4.69, 9.17) is 5.11 Å². The van der Waals surface area contributed by atoms with Crippen LogP contribution in [0.25, 0.3) is 0 Å². The molecule has 0 atom stereocenters. The Kier molecular flexibility index (Phi) is 4.84. The number of carboxylic acid groups (broad SMARTS) is 1. The molecule has 0 aromatic heterocycles. The zero-order valence-corrected chi connectivity index (χ0v) is 11.6. The maximum absolute atomic E-state index is 11.8. The van der Waals surface area contributed by atoms with Crippen LogP contribution in [0.2, 0.25) is 0 Å². The van der Waals surface area contributed by atoms with E-state index in [0.29, 0.717) is 0 Å². The Labute approximate surface area is 119 Å². The van der Waals surface area contributed by atoms with Gasteiger partial charge in [0.15, 0.2) is 0 Å². The monoisotopic (exact) mass is 300 g/mol. The topological polar surface area (TPSA) is 145 Å². The summed E-state index contributed by atoms with van der Waals surface area (Å²) in [6, 6.07) is -0.685. The van der Waals surface area contributed by atoms with Gasteiger partial charge in [-0.05, 0) is 13.8 Å². The zero-order valence-electron chi connectivity index (χ0n) is 11.6. The molecule has 1 saturated heterocycles. The Bertz CT molecular complexity index is 501. The van der Waals surface area contributed by atoms with Crippen LogP contribution in [0.3, 0.4) is 0 Å². The van der Waals surface area contributed by atoms with Crippen molar-refractivity contribution in [3.8, 4) is 0 Å². The molecule has 4 N–H and O–H groups in total. The van der Waals surface area contributed by atoms with Gasteiger partial charge in [-0.15, -0.1) is 0 Å². The van der Waals surface area contributed by atoms with Crippen molar-refractivity contribution < 1.29 is 29.1 Å². The minimum Gasteiger partial charge on any atom is -0.480 e. The fourth-order valence-electron chi connectivity index (χ4n) is 1.58. The summed E-state index contributed by atoms with van der Waals surface area (Å²) in [5.74, 6) is -3.15. The second-order valence-corrected chi connectivity index (χ2v) is 4.89. The standard InChI is InChI=1S/C11H16N4O6/c1-11(2)9(20)15(10(21)14-11)5-7(17)12-3-6(16)13-4-8(18)19/h3-5H2,1-2H3,(H,12,17)(H,13,16)(H,14,21)(H,18,19). The van der Waals surface area contributed by atoms with Gasteiger partial charge in [0.2, 0.25) is 11.8 Å². The van der Waals surface area contributed by atoms with Gasteiger partial charge in [0.25, 0.3) is 5.91 Å². The third-order valence-corrected chi connectivity index (χ3v) is 2.63. The first-order valence-corrected chi connectivity index (χ1v) is 6.03. The number of hydrogen-bond donors (Lipinski definition) is 4. The highest BCUT2D eigenvalue weighted by atomic mass is 16.4. The van der Waals surface area contributed by atoms with Crippen molar-refractivity contribution in [1.82, 2.24) is 20.9 Å². The number of aliphatic carboxylic acids is 1. The van der Waals surface area contributed by atoms with E-state index >= 15 is 0 Å². The Balaban J connectivity index is 2.41. The smallest absolute Gasteiger partial charge is 0.325 e. The molecule has 5 amide bonds. The van der Waals surface area contributed by atoms with Crippen LogP contribution >= 0.6 is 0 Å². The average molecular weight is 300 g/mol. The Morgan fingerprint density at radius 2 is 1.71 bits per heavy atom. The predicted molar refractivity (Wildman–Crippen MR) is 68.0 cm³/mol. The summed E-state index contributed by atoms with van der Waals surface area (Å²) in [4.78, 5) is 57.0. The fraction of sp³-hybridized carbons (Fsp3) is 0.545. The summed E-state index contributed by atoms with van der Waals surface area (Å²) >= 11 is 0. The van der Waals surface area contributed by atoms with Gasteiger partial charge in [-0.25, -0.2) is 4.79 Å². The first-order valence-electron chi connectivity index (χ1n) is 6.03. The lowest BCUT2D eigenvalue weighted by molar-refractivity contribution is -0.138. The summed E-state index contributed by atoms with van der Waals surface area (Å²) < 4.78 is 0. The quantitative estimate of drug-likeness (QED) is 0.404. The van der Waals surface area contributed by atoms with Crippen molar-refractivity contribution in [3.63, 3.8) is 0 Å². The van der Waals surface area contributed by atoms with Crippen molar-refractivity contribution in [1.29, 1.82) is 0 Å². The number of urea groups is 1. The van der Waals surface area contributed by atoms with Crippen LogP contribution in [0.4, 0.5) is 4.79 Å². The first-order chi connectivity index (χ1) is 9.63. The van der Waals surface area contributed by atoms with E-state index in [-0.39, 0.29) is 0 Å². The second kappa shape index (κ2) is 6.20. The largest absolute Gasteiger partial charge is 0.480 e. The molecule has 0 saturated carbocycles. The van der Waals surface area contributed by atoms with Crippen molar-refractivity contribution in [2.45, 2.75) is 19.4 Å². The van der Waals surface area contributed by atoms with Gasteiger partial charge in [-0.2, -0.15) is 0 Å². The molecule has 10 nitrogen and oxygen atoms in total. The van der Waals surface area contributed by atoms with Crippen LogP contribution in [0.5, 0.6) is 0 Å². The molecular formula is C11H16N4O6. The van der Waals surface area contributed by atoms with Crippen molar-refractivity contribution in [2.24, 2.45) is 0 Å². The summed E-state index contributed by atoms with van der Waals surface area (Å²) in [5.41, 5.74) is -1.07. The minimum absolute atomic E-state index is 0.445. The molecule has 0 unspecified atom stereocenters.